The molecule has 2 unspecified atom stereocenters. The summed E-state index contributed by atoms with van der Waals surface area (Å²) in [5.74, 6) is -0.564. The highest BCUT2D eigenvalue weighted by molar-refractivity contribution is 6.39. The third-order valence-corrected chi connectivity index (χ3v) is 10.2. The molecule has 0 bridgehead atoms. The maximum atomic E-state index is 13.7. The van der Waals surface area contributed by atoms with Crippen LogP contribution >= 0.6 is 23.2 Å². The maximum Gasteiger partial charge on any atom is 0.391 e. The summed E-state index contributed by atoms with van der Waals surface area (Å²) in [5.41, 5.74) is 1.93. The van der Waals surface area contributed by atoms with Crippen molar-refractivity contribution in [2.75, 3.05) is 23.3 Å². The lowest BCUT2D eigenvalue weighted by Crippen LogP contribution is -2.41. The maximum absolute atomic E-state index is 13.7. The molecule has 1 saturated heterocycles. The number of aromatic nitrogens is 2. The molecular weight excluding hydrogens is 644 g/mol. The minimum atomic E-state index is -4.21. The Hall–Kier alpha value is -3.22. The summed E-state index contributed by atoms with van der Waals surface area (Å²) in [6.45, 7) is 4.53. The third kappa shape index (κ3) is 6.61. The first-order valence-electron chi connectivity index (χ1n) is 15.5. The summed E-state index contributed by atoms with van der Waals surface area (Å²) >= 11 is 13.2. The first-order chi connectivity index (χ1) is 21.6. The number of piperidine rings is 1. The molecule has 4 N–H and O–H groups in total. The second-order valence-corrected chi connectivity index (χ2v) is 14.1. The minimum absolute atomic E-state index is 0.00318. The number of aryl methyl sites for hydroxylation is 1. The lowest BCUT2D eigenvalue weighted by Gasteiger charge is -2.31. The van der Waals surface area contributed by atoms with Gasteiger partial charge in [-0.1, -0.05) is 29.3 Å². The Kier molecular flexibility index (Phi) is 8.60. The molecule has 6 rings (SSSR count). The summed E-state index contributed by atoms with van der Waals surface area (Å²) in [7, 11) is 1.83. The largest absolute Gasteiger partial charge is 0.391 e. The third-order valence-electron chi connectivity index (χ3n) is 9.49. The number of hydrogen-bond acceptors (Lipinski definition) is 6. The van der Waals surface area contributed by atoms with Gasteiger partial charge in [0.05, 0.1) is 43.9 Å². The average Bonchev–Trinajstić information content (AvgIpc) is 3.47. The van der Waals surface area contributed by atoms with Crippen molar-refractivity contribution in [3.63, 3.8) is 0 Å². The molecule has 3 aliphatic rings. The first kappa shape index (κ1) is 32.7. The van der Waals surface area contributed by atoms with E-state index < -0.39 is 23.6 Å². The van der Waals surface area contributed by atoms with E-state index in [9.17, 15) is 27.9 Å². The number of nitrogens with zero attached hydrogens (tertiary/aromatic N) is 3. The lowest BCUT2D eigenvalue weighted by atomic mass is 9.85. The van der Waals surface area contributed by atoms with Crippen LogP contribution in [0.25, 0.3) is 11.0 Å². The summed E-state index contributed by atoms with van der Waals surface area (Å²) in [5, 5.41) is 19.4. The number of imidazole rings is 1. The van der Waals surface area contributed by atoms with Crippen LogP contribution in [0.3, 0.4) is 0 Å². The molecule has 2 atom stereocenters. The molecule has 2 amide bonds. The van der Waals surface area contributed by atoms with E-state index in [0.717, 1.165) is 24.3 Å². The molecule has 1 aliphatic heterocycles. The Bertz CT molecular complexity index is 1670. The minimum Gasteiger partial charge on any atom is -0.381 e. The number of hydrogen-bond donors (Lipinski definition) is 4. The van der Waals surface area contributed by atoms with E-state index in [4.69, 9.17) is 28.2 Å². The van der Waals surface area contributed by atoms with Gasteiger partial charge >= 0.3 is 6.18 Å². The Morgan fingerprint density at radius 3 is 2.37 bits per heavy atom. The summed E-state index contributed by atoms with van der Waals surface area (Å²) in [4.78, 5) is 32.8. The van der Waals surface area contributed by atoms with Crippen LogP contribution in [-0.4, -0.2) is 57.4 Å². The zero-order valence-corrected chi connectivity index (χ0v) is 27.3. The van der Waals surface area contributed by atoms with Crippen molar-refractivity contribution in [3.05, 3.63) is 45.4 Å². The van der Waals surface area contributed by atoms with E-state index in [0.29, 0.717) is 45.1 Å². The molecule has 2 heterocycles. The second-order valence-electron chi connectivity index (χ2n) is 13.3. The molecule has 0 radical (unpaired) electrons. The molecule has 3 aromatic rings. The molecule has 14 heteroatoms. The molecule has 0 spiro atoms. The van der Waals surface area contributed by atoms with Gasteiger partial charge in [0.25, 0.3) is 11.8 Å². The number of carbonyl (C=O) groups excluding carboxylic acids is 2. The van der Waals surface area contributed by atoms with Gasteiger partial charge < -0.3 is 30.5 Å². The summed E-state index contributed by atoms with van der Waals surface area (Å²) in [6.07, 6.45) is -2.46. The highest BCUT2D eigenvalue weighted by Gasteiger charge is 2.46. The van der Waals surface area contributed by atoms with Gasteiger partial charge in [0.15, 0.2) is 0 Å². The fourth-order valence-electron chi connectivity index (χ4n) is 6.56. The molecule has 248 valence electrons. The van der Waals surface area contributed by atoms with Gasteiger partial charge in [0, 0.05) is 32.7 Å². The number of halogens is 5. The number of fused-ring (bicyclic) bond motifs is 2. The Morgan fingerprint density at radius 2 is 1.74 bits per heavy atom. The van der Waals surface area contributed by atoms with Gasteiger partial charge in [-0.3, -0.25) is 9.59 Å². The van der Waals surface area contributed by atoms with Gasteiger partial charge in [-0.05, 0) is 81.5 Å². The van der Waals surface area contributed by atoms with Crippen LogP contribution in [0.5, 0.6) is 0 Å². The van der Waals surface area contributed by atoms with Gasteiger partial charge in [0.1, 0.15) is 5.60 Å². The predicted molar refractivity (Wildman–Crippen MR) is 172 cm³/mol. The molecule has 9 nitrogen and oxygen atoms in total. The fraction of sp³-hybridized carbons (Fsp3) is 0.531. The summed E-state index contributed by atoms with van der Waals surface area (Å²) in [6, 6.07) is 6.68. The molecule has 1 aromatic heterocycles. The topological polar surface area (TPSA) is 112 Å². The van der Waals surface area contributed by atoms with Crippen molar-refractivity contribution in [2.45, 2.75) is 70.3 Å². The average molecular weight is 682 g/mol. The van der Waals surface area contributed by atoms with Crippen molar-refractivity contribution in [1.82, 2.24) is 20.2 Å². The van der Waals surface area contributed by atoms with E-state index >= 15 is 0 Å². The van der Waals surface area contributed by atoms with Gasteiger partial charge in [-0.2, -0.15) is 13.2 Å². The van der Waals surface area contributed by atoms with E-state index in [1.807, 2.05) is 17.7 Å². The zero-order chi connectivity index (χ0) is 33.1. The van der Waals surface area contributed by atoms with Crippen LogP contribution in [-0.2, 0) is 18.4 Å². The fourth-order valence-corrected chi connectivity index (χ4v) is 7.09. The highest BCUT2D eigenvalue weighted by Crippen LogP contribution is 2.47. The predicted octanol–water partition coefficient (Wildman–Crippen LogP) is 6.32. The van der Waals surface area contributed by atoms with Crippen LogP contribution in [0.2, 0.25) is 10.0 Å². The van der Waals surface area contributed by atoms with E-state index in [1.54, 1.807) is 18.2 Å². The van der Waals surface area contributed by atoms with Crippen LogP contribution in [0.4, 0.5) is 30.5 Å². The van der Waals surface area contributed by atoms with Gasteiger partial charge in [-0.15, -0.1) is 0 Å². The number of rotatable bonds is 8. The molecule has 46 heavy (non-hydrogen) atoms. The molecule has 2 aliphatic carbocycles. The molecule has 2 saturated carbocycles. The number of alkyl halides is 3. The van der Waals surface area contributed by atoms with Crippen molar-refractivity contribution in [1.29, 1.82) is 0 Å². The molecular formula is C32H37Cl2F3N6O3. The van der Waals surface area contributed by atoms with E-state index in [-0.39, 0.29) is 49.2 Å². The van der Waals surface area contributed by atoms with Crippen molar-refractivity contribution >= 4 is 63.4 Å². The first-order valence-corrected chi connectivity index (χ1v) is 16.2. The number of anilines is 3. The summed E-state index contributed by atoms with van der Waals surface area (Å²) < 4.78 is 41.4. The van der Waals surface area contributed by atoms with Gasteiger partial charge in [-0.25, -0.2) is 4.98 Å². The van der Waals surface area contributed by atoms with E-state index in [1.165, 1.54) is 20.3 Å². The van der Waals surface area contributed by atoms with E-state index in [2.05, 4.69) is 20.9 Å². The number of carbonyl (C=O) groups is 2. The molecule has 2 aromatic carbocycles. The molecule has 3 fully saturated rings. The van der Waals surface area contributed by atoms with Crippen LogP contribution < -0.4 is 20.9 Å². The quantitative estimate of drug-likeness (QED) is 0.222. The SMILES string of the molecule is Cn1c(Nc2c(Cl)ccc(CNC(=O)C(C)(C)O)c2Cl)nc2cc(C(=O)NC3CCC(C(F)(F)F)CC3)c(N3CC4CC4C3)cc21. The number of nitrogens with one attached hydrogen (secondary N) is 3. The Morgan fingerprint density at radius 1 is 1.07 bits per heavy atom. The van der Waals surface area contributed by atoms with Gasteiger partial charge in [0.2, 0.25) is 5.95 Å². The number of benzene rings is 2. The monoisotopic (exact) mass is 680 g/mol. The number of amides is 2. The normalized spacial score (nSPS) is 22.9. The zero-order valence-electron chi connectivity index (χ0n) is 25.8. The van der Waals surface area contributed by atoms with Crippen molar-refractivity contribution in [3.8, 4) is 0 Å². The Labute approximate surface area is 274 Å². The van der Waals surface area contributed by atoms with Crippen molar-refractivity contribution < 1.29 is 27.9 Å². The van der Waals surface area contributed by atoms with Crippen LogP contribution in [0.15, 0.2) is 24.3 Å². The number of aliphatic hydroxyl groups is 1. The lowest BCUT2D eigenvalue weighted by molar-refractivity contribution is -0.182. The Balaban J connectivity index is 1.27. The second kappa shape index (κ2) is 12.1. The smallest absolute Gasteiger partial charge is 0.381 e. The van der Waals surface area contributed by atoms with Crippen molar-refractivity contribution in [2.24, 2.45) is 24.8 Å². The standard InChI is InChI=1S/C32H37Cl2F3N6O3/c1-31(2,46)29(45)38-13-16-4-9-22(33)27(26(16)34)41-30-40-23-11-21(28(44)39-20-7-5-19(6-8-20)32(35,36)37)24(12-25(23)42(30)3)43-14-17-10-18(17)15-43/h4,9,11-12,17-20,46H,5-8,10,13-15H2,1-3H3,(H,38,45)(H,39,44)(H,40,41). The van der Waals surface area contributed by atoms with Crippen LogP contribution in [0, 0.1) is 17.8 Å². The highest BCUT2D eigenvalue weighted by atomic mass is 35.5. The van der Waals surface area contributed by atoms with Crippen LogP contribution in [0.1, 0.15) is 61.9 Å².